The number of pyridine rings is 1. The SMILES string of the molecule is CN=C(NCc1ccnc(OC)c1)N(C)Cc1ccccc1Cl. The quantitative estimate of drug-likeness (QED) is 0.675. The molecule has 0 saturated carbocycles. The monoisotopic (exact) mass is 332 g/mol. The van der Waals surface area contributed by atoms with Crippen molar-refractivity contribution in [3.63, 3.8) is 0 Å². The van der Waals surface area contributed by atoms with Crippen LogP contribution >= 0.6 is 11.6 Å². The largest absolute Gasteiger partial charge is 0.481 e. The Bertz CT molecular complexity index is 675. The fourth-order valence-electron chi connectivity index (χ4n) is 2.19. The van der Waals surface area contributed by atoms with Crippen LogP contribution in [0.3, 0.4) is 0 Å². The number of hydrogen-bond acceptors (Lipinski definition) is 3. The molecule has 1 N–H and O–H groups in total. The molecule has 0 aliphatic carbocycles. The van der Waals surface area contributed by atoms with Crippen LogP contribution in [0, 0.1) is 0 Å². The molecule has 2 aromatic rings. The summed E-state index contributed by atoms with van der Waals surface area (Å²) >= 11 is 6.21. The van der Waals surface area contributed by atoms with Gasteiger partial charge >= 0.3 is 0 Å². The van der Waals surface area contributed by atoms with E-state index >= 15 is 0 Å². The number of aliphatic imine (C=N–C) groups is 1. The normalized spacial score (nSPS) is 11.2. The maximum Gasteiger partial charge on any atom is 0.213 e. The van der Waals surface area contributed by atoms with E-state index in [2.05, 4.69) is 15.3 Å². The highest BCUT2D eigenvalue weighted by atomic mass is 35.5. The molecule has 0 atom stereocenters. The molecular weight excluding hydrogens is 312 g/mol. The minimum Gasteiger partial charge on any atom is -0.481 e. The lowest BCUT2D eigenvalue weighted by molar-refractivity contribution is 0.397. The number of nitrogens with zero attached hydrogens (tertiary/aromatic N) is 3. The van der Waals surface area contributed by atoms with Gasteiger partial charge < -0.3 is 15.0 Å². The molecule has 2 rings (SSSR count). The van der Waals surface area contributed by atoms with Crippen LogP contribution in [0.4, 0.5) is 0 Å². The van der Waals surface area contributed by atoms with Crippen LogP contribution < -0.4 is 10.1 Å². The molecule has 122 valence electrons. The smallest absolute Gasteiger partial charge is 0.213 e. The van der Waals surface area contributed by atoms with Crippen LogP contribution in [0.2, 0.25) is 5.02 Å². The molecule has 0 radical (unpaired) electrons. The Morgan fingerprint density at radius 2 is 2.13 bits per heavy atom. The van der Waals surface area contributed by atoms with Crippen molar-refractivity contribution < 1.29 is 4.74 Å². The molecule has 0 spiro atoms. The second-order valence-electron chi connectivity index (χ2n) is 5.05. The zero-order chi connectivity index (χ0) is 16.7. The third-order valence-electron chi connectivity index (χ3n) is 3.40. The highest BCUT2D eigenvalue weighted by molar-refractivity contribution is 6.31. The van der Waals surface area contributed by atoms with Crippen molar-refractivity contribution in [1.29, 1.82) is 0 Å². The molecule has 6 heteroatoms. The summed E-state index contributed by atoms with van der Waals surface area (Å²) in [7, 11) is 5.35. The topological polar surface area (TPSA) is 49.8 Å². The van der Waals surface area contributed by atoms with Gasteiger partial charge in [-0.05, 0) is 23.3 Å². The van der Waals surface area contributed by atoms with Gasteiger partial charge in [0, 0.05) is 44.5 Å². The minimum absolute atomic E-state index is 0.601. The summed E-state index contributed by atoms with van der Waals surface area (Å²) in [6, 6.07) is 11.7. The van der Waals surface area contributed by atoms with Gasteiger partial charge in [-0.3, -0.25) is 4.99 Å². The summed E-state index contributed by atoms with van der Waals surface area (Å²) in [4.78, 5) is 10.4. The van der Waals surface area contributed by atoms with Gasteiger partial charge in [0.25, 0.3) is 0 Å². The Kier molecular flexibility index (Phi) is 6.23. The maximum absolute atomic E-state index is 6.21. The molecule has 1 heterocycles. The lowest BCUT2D eigenvalue weighted by Crippen LogP contribution is -2.38. The standard InChI is InChI=1S/C17H21ClN4O/c1-19-17(21-11-13-8-9-20-16(10-13)23-3)22(2)12-14-6-4-5-7-15(14)18/h4-10H,11-12H2,1-3H3,(H,19,21). The van der Waals surface area contributed by atoms with Crippen LogP contribution in [0.5, 0.6) is 5.88 Å². The van der Waals surface area contributed by atoms with Crippen molar-refractivity contribution in [2.75, 3.05) is 21.2 Å². The Labute approximate surface area is 142 Å². The number of guanidine groups is 1. The number of hydrogen-bond donors (Lipinski definition) is 1. The van der Waals surface area contributed by atoms with Crippen molar-refractivity contribution in [2.24, 2.45) is 4.99 Å². The van der Waals surface area contributed by atoms with Crippen molar-refractivity contribution in [2.45, 2.75) is 13.1 Å². The Balaban J connectivity index is 1.98. The Morgan fingerprint density at radius 1 is 1.35 bits per heavy atom. The molecule has 1 aromatic carbocycles. The summed E-state index contributed by atoms with van der Waals surface area (Å²) in [5, 5.41) is 4.08. The van der Waals surface area contributed by atoms with Gasteiger partial charge in [-0.1, -0.05) is 29.8 Å². The Morgan fingerprint density at radius 3 is 2.83 bits per heavy atom. The predicted molar refractivity (Wildman–Crippen MR) is 93.9 cm³/mol. The first-order valence-electron chi connectivity index (χ1n) is 7.28. The fourth-order valence-corrected chi connectivity index (χ4v) is 2.39. The van der Waals surface area contributed by atoms with Crippen LogP contribution in [0.1, 0.15) is 11.1 Å². The maximum atomic E-state index is 6.21. The van der Waals surface area contributed by atoms with E-state index in [-0.39, 0.29) is 0 Å². The van der Waals surface area contributed by atoms with Crippen LogP contribution in [0.15, 0.2) is 47.6 Å². The average molecular weight is 333 g/mol. The number of rotatable bonds is 5. The van der Waals surface area contributed by atoms with Crippen molar-refractivity contribution in [1.82, 2.24) is 15.2 Å². The van der Waals surface area contributed by atoms with Gasteiger partial charge in [0.2, 0.25) is 5.88 Å². The number of benzene rings is 1. The number of aromatic nitrogens is 1. The van der Waals surface area contributed by atoms with E-state index in [0.717, 1.165) is 22.1 Å². The number of halogens is 1. The summed E-state index contributed by atoms with van der Waals surface area (Å²) in [6.45, 7) is 1.32. The molecule has 23 heavy (non-hydrogen) atoms. The van der Waals surface area contributed by atoms with E-state index < -0.39 is 0 Å². The first-order chi connectivity index (χ1) is 11.1. The first kappa shape index (κ1) is 17.1. The molecule has 0 bridgehead atoms. The summed E-state index contributed by atoms with van der Waals surface area (Å²) < 4.78 is 5.13. The predicted octanol–water partition coefficient (Wildman–Crippen LogP) is 2.95. The summed E-state index contributed by atoms with van der Waals surface area (Å²) in [5.74, 6) is 1.39. The van der Waals surface area contributed by atoms with Crippen LogP contribution in [-0.4, -0.2) is 37.0 Å². The second-order valence-corrected chi connectivity index (χ2v) is 5.46. The number of methoxy groups -OCH3 is 1. The van der Waals surface area contributed by atoms with Gasteiger partial charge in [0.1, 0.15) is 0 Å². The van der Waals surface area contributed by atoms with E-state index in [4.69, 9.17) is 16.3 Å². The minimum atomic E-state index is 0.601. The van der Waals surface area contributed by atoms with Crippen LogP contribution in [0.25, 0.3) is 0 Å². The van der Waals surface area contributed by atoms with Gasteiger partial charge in [0.15, 0.2) is 5.96 Å². The van der Waals surface area contributed by atoms with Gasteiger partial charge in [0.05, 0.1) is 7.11 Å². The summed E-state index contributed by atoms with van der Waals surface area (Å²) in [6.07, 6.45) is 1.73. The lowest BCUT2D eigenvalue weighted by Gasteiger charge is -2.22. The van der Waals surface area contributed by atoms with Gasteiger partial charge in [-0.2, -0.15) is 0 Å². The lowest BCUT2D eigenvalue weighted by atomic mass is 10.2. The highest BCUT2D eigenvalue weighted by Gasteiger charge is 2.09. The number of nitrogens with one attached hydrogen (secondary N) is 1. The zero-order valence-electron chi connectivity index (χ0n) is 13.6. The van der Waals surface area contributed by atoms with E-state index in [1.54, 1.807) is 20.4 Å². The molecule has 5 nitrogen and oxygen atoms in total. The van der Waals surface area contributed by atoms with Gasteiger partial charge in [-0.25, -0.2) is 4.98 Å². The average Bonchev–Trinajstić information content (AvgIpc) is 2.57. The van der Waals surface area contributed by atoms with E-state index in [0.29, 0.717) is 19.0 Å². The third kappa shape index (κ3) is 4.86. The second kappa shape index (κ2) is 8.39. The van der Waals surface area contributed by atoms with Gasteiger partial charge in [-0.15, -0.1) is 0 Å². The molecule has 0 fully saturated rings. The van der Waals surface area contributed by atoms with E-state index in [1.807, 2.05) is 48.3 Å². The van der Waals surface area contributed by atoms with Crippen molar-refractivity contribution in [3.8, 4) is 5.88 Å². The molecular formula is C17H21ClN4O. The molecule has 0 unspecified atom stereocenters. The molecule has 0 aliphatic rings. The summed E-state index contributed by atoms with van der Waals surface area (Å²) in [5.41, 5.74) is 2.13. The number of ether oxygens (including phenoxy) is 1. The third-order valence-corrected chi connectivity index (χ3v) is 3.77. The van der Waals surface area contributed by atoms with E-state index in [1.165, 1.54) is 0 Å². The van der Waals surface area contributed by atoms with Crippen molar-refractivity contribution >= 4 is 17.6 Å². The Hall–Kier alpha value is -2.27. The first-order valence-corrected chi connectivity index (χ1v) is 7.66. The van der Waals surface area contributed by atoms with Crippen LogP contribution in [-0.2, 0) is 13.1 Å². The molecule has 0 amide bonds. The molecule has 1 aromatic heterocycles. The zero-order valence-corrected chi connectivity index (χ0v) is 14.3. The highest BCUT2D eigenvalue weighted by Crippen LogP contribution is 2.16. The molecule has 0 aliphatic heterocycles. The van der Waals surface area contributed by atoms with E-state index in [9.17, 15) is 0 Å². The van der Waals surface area contributed by atoms with Crippen molar-refractivity contribution in [3.05, 3.63) is 58.7 Å². The molecule has 0 saturated heterocycles. The fraction of sp³-hybridized carbons (Fsp3) is 0.294.